The number of rotatable bonds is 5. The SMILES string of the molecule is COC(C(O)C=O)C(O)CO. The predicted octanol–water partition coefficient (Wildman–Crippen LogP) is -2.09. The van der Waals surface area contributed by atoms with Gasteiger partial charge in [0.05, 0.1) is 6.61 Å². The summed E-state index contributed by atoms with van der Waals surface area (Å²) in [5.74, 6) is 0. The van der Waals surface area contributed by atoms with Gasteiger partial charge in [-0.1, -0.05) is 0 Å². The van der Waals surface area contributed by atoms with E-state index in [2.05, 4.69) is 4.74 Å². The van der Waals surface area contributed by atoms with Crippen LogP contribution in [0.3, 0.4) is 0 Å². The lowest BCUT2D eigenvalue weighted by Gasteiger charge is -2.21. The Bertz CT molecular complexity index is 116. The van der Waals surface area contributed by atoms with Crippen molar-refractivity contribution in [3.8, 4) is 0 Å². The summed E-state index contributed by atoms with van der Waals surface area (Å²) in [5, 5.41) is 26.2. The Morgan fingerprint density at radius 1 is 1.55 bits per heavy atom. The van der Waals surface area contributed by atoms with Gasteiger partial charge in [-0.25, -0.2) is 0 Å². The molecule has 0 aromatic rings. The molecule has 0 radical (unpaired) electrons. The molecule has 3 unspecified atom stereocenters. The molecule has 66 valence electrons. The normalized spacial score (nSPS) is 18.9. The second kappa shape index (κ2) is 5.20. The Kier molecular flexibility index (Phi) is 4.97. The monoisotopic (exact) mass is 164 g/mol. The van der Waals surface area contributed by atoms with Gasteiger partial charge in [-0.3, -0.25) is 0 Å². The molecule has 0 aromatic heterocycles. The summed E-state index contributed by atoms with van der Waals surface area (Å²) < 4.78 is 4.56. The number of carbonyl (C=O) groups is 1. The maximum absolute atomic E-state index is 10.0. The predicted molar refractivity (Wildman–Crippen MR) is 36.0 cm³/mol. The molecular formula is C6H12O5. The Morgan fingerprint density at radius 2 is 2.09 bits per heavy atom. The van der Waals surface area contributed by atoms with Gasteiger partial charge in [0.1, 0.15) is 18.3 Å². The number of ether oxygens (including phenoxy) is 1. The van der Waals surface area contributed by atoms with Crippen LogP contribution in [0.2, 0.25) is 0 Å². The van der Waals surface area contributed by atoms with E-state index in [1.807, 2.05) is 0 Å². The van der Waals surface area contributed by atoms with Crippen molar-refractivity contribution in [1.29, 1.82) is 0 Å². The lowest BCUT2D eigenvalue weighted by Crippen LogP contribution is -2.41. The smallest absolute Gasteiger partial charge is 0.151 e. The highest BCUT2D eigenvalue weighted by atomic mass is 16.5. The third-order valence-corrected chi connectivity index (χ3v) is 1.31. The van der Waals surface area contributed by atoms with Crippen LogP contribution in [0.1, 0.15) is 0 Å². The fourth-order valence-corrected chi connectivity index (χ4v) is 0.705. The molecule has 3 atom stereocenters. The Labute approximate surface area is 64.2 Å². The first-order valence-corrected chi connectivity index (χ1v) is 3.12. The number of aliphatic hydroxyl groups excluding tert-OH is 3. The van der Waals surface area contributed by atoms with Crippen LogP contribution in [0.15, 0.2) is 0 Å². The standard InChI is InChI=1S/C6H12O5/c1-11-6(4(9)2-7)5(10)3-8/h2,4-6,8-10H,3H2,1H3. The summed E-state index contributed by atoms with van der Waals surface area (Å²) in [6.07, 6.45) is -3.45. The van der Waals surface area contributed by atoms with Crippen molar-refractivity contribution in [3.05, 3.63) is 0 Å². The van der Waals surface area contributed by atoms with E-state index in [-0.39, 0.29) is 6.29 Å². The molecule has 5 heteroatoms. The molecule has 0 aromatic carbocycles. The van der Waals surface area contributed by atoms with E-state index in [9.17, 15) is 4.79 Å². The van der Waals surface area contributed by atoms with Gasteiger partial charge < -0.3 is 24.9 Å². The topological polar surface area (TPSA) is 87.0 Å². The molecular weight excluding hydrogens is 152 g/mol. The summed E-state index contributed by atoms with van der Waals surface area (Å²) in [5.41, 5.74) is 0. The summed E-state index contributed by atoms with van der Waals surface area (Å²) in [4.78, 5) is 10.0. The summed E-state index contributed by atoms with van der Waals surface area (Å²) >= 11 is 0. The molecule has 0 bridgehead atoms. The fraction of sp³-hybridized carbons (Fsp3) is 0.833. The highest BCUT2D eigenvalue weighted by Gasteiger charge is 2.25. The van der Waals surface area contributed by atoms with Crippen LogP contribution >= 0.6 is 0 Å². The Morgan fingerprint density at radius 3 is 2.36 bits per heavy atom. The molecule has 11 heavy (non-hydrogen) atoms. The van der Waals surface area contributed by atoms with E-state index >= 15 is 0 Å². The van der Waals surface area contributed by atoms with Crippen molar-refractivity contribution in [2.24, 2.45) is 0 Å². The van der Waals surface area contributed by atoms with Gasteiger partial charge in [0, 0.05) is 7.11 Å². The van der Waals surface area contributed by atoms with Crippen LogP contribution in [-0.2, 0) is 9.53 Å². The second-order valence-electron chi connectivity index (χ2n) is 2.08. The van der Waals surface area contributed by atoms with E-state index in [1.54, 1.807) is 0 Å². The summed E-state index contributed by atoms with van der Waals surface area (Å²) in [6.45, 7) is -0.552. The van der Waals surface area contributed by atoms with E-state index < -0.39 is 24.9 Å². The van der Waals surface area contributed by atoms with Crippen LogP contribution in [0.25, 0.3) is 0 Å². The van der Waals surface area contributed by atoms with Gasteiger partial charge in [-0.05, 0) is 0 Å². The van der Waals surface area contributed by atoms with Crippen molar-refractivity contribution in [2.75, 3.05) is 13.7 Å². The first-order chi connectivity index (χ1) is 5.17. The highest BCUT2D eigenvalue weighted by molar-refractivity contribution is 5.56. The molecule has 5 nitrogen and oxygen atoms in total. The van der Waals surface area contributed by atoms with Crippen LogP contribution in [0.5, 0.6) is 0 Å². The number of carbonyl (C=O) groups excluding carboxylic acids is 1. The minimum Gasteiger partial charge on any atom is -0.394 e. The first kappa shape index (κ1) is 10.5. The maximum Gasteiger partial charge on any atom is 0.151 e. The third kappa shape index (κ3) is 2.94. The van der Waals surface area contributed by atoms with E-state index in [1.165, 1.54) is 7.11 Å². The van der Waals surface area contributed by atoms with E-state index in [0.29, 0.717) is 0 Å². The van der Waals surface area contributed by atoms with Crippen LogP contribution in [-0.4, -0.2) is 53.6 Å². The molecule has 0 aliphatic heterocycles. The Balaban J connectivity index is 4.02. The summed E-state index contributed by atoms with van der Waals surface area (Å²) in [7, 11) is 1.23. The second-order valence-corrected chi connectivity index (χ2v) is 2.08. The van der Waals surface area contributed by atoms with Crippen molar-refractivity contribution in [3.63, 3.8) is 0 Å². The average molecular weight is 164 g/mol. The van der Waals surface area contributed by atoms with Crippen molar-refractivity contribution in [1.82, 2.24) is 0 Å². The van der Waals surface area contributed by atoms with Crippen molar-refractivity contribution >= 4 is 6.29 Å². The zero-order valence-electron chi connectivity index (χ0n) is 6.17. The molecule has 0 aliphatic rings. The van der Waals surface area contributed by atoms with Gasteiger partial charge >= 0.3 is 0 Å². The molecule has 0 rings (SSSR count). The minimum absolute atomic E-state index is 0.243. The summed E-state index contributed by atoms with van der Waals surface area (Å²) in [6, 6.07) is 0. The van der Waals surface area contributed by atoms with Gasteiger partial charge in [-0.2, -0.15) is 0 Å². The molecule has 0 fully saturated rings. The Hall–Kier alpha value is -0.490. The number of aliphatic hydroxyl groups is 3. The van der Waals surface area contributed by atoms with E-state index in [0.717, 1.165) is 0 Å². The number of methoxy groups -OCH3 is 1. The number of hydrogen-bond acceptors (Lipinski definition) is 5. The lowest BCUT2D eigenvalue weighted by molar-refractivity contribution is -0.132. The molecule has 0 saturated heterocycles. The molecule has 3 N–H and O–H groups in total. The minimum atomic E-state index is -1.40. The molecule has 0 amide bonds. The van der Waals surface area contributed by atoms with Crippen molar-refractivity contribution in [2.45, 2.75) is 18.3 Å². The van der Waals surface area contributed by atoms with Crippen molar-refractivity contribution < 1.29 is 24.9 Å². The van der Waals surface area contributed by atoms with Gasteiger partial charge in [0.2, 0.25) is 0 Å². The number of aldehydes is 1. The zero-order valence-corrected chi connectivity index (χ0v) is 6.17. The van der Waals surface area contributed by atoms with Gasteiger partial charge in [-0.15, -0.1) is 0 Å². The van der Waals surface area contributed by atoms with Crippen LogP contribution in [0, 0.1) is 0 Å². The molecule has 0 spiro atoms. The average Bonchev–Trinajstić information content (AvgIpc) is 2.05. The quantitative estimate of drug-likeness (QED) is 0.406. The first-order valence-electron chi connectivity index (χ1n) is 3.12. The van der Waals surface area contributed by atoms with Gasteiger partial charge in [0.15, 0.2) is 6.29 Å². The lowest BCUT2D eigenvalue weighted by atomic mass is 10.1. The molecule has 0 aliphatic carbocycles. The zero-order chi connectivity index (χ0) is 8.85. The third-order valence-electron chi connectivity index (χ3n) is 1.31. The van der Waals surface area contributed by atoms with Gasteiger partial charge in [0.25, 0.3) is 0 Å². The van der Waals surface area contributed by atoms with Crippen LogP contribution in [0.4, 0.5) is 0 Å². The van der Waals surface area contributed by atoms with E-state index in [4.69, 9.17) is 15.3 Å². The maximum atomic E-state index is 10.0. The highest BCUT2D eigenvalue weighted by Crippen LogP contribution is 2.01. The largest absolute Gasteiger partial charge is 0.394 e. The molecule has 0 heterocycles. The van der Waals surface area contributed by atoms with Crippen LogP contribution < -0.4 is 0 Å². The fourth-order valence-electron chi connectivity index (χ4n) is 0.705. The number of hydrogen-bond donors (Lipinski definition) is 3. The molecule has 0 saturated carbocycles.